The minimum absolute atomic E-state index is 0.0502. The molecule has 1 aliphatic carbocycles. The van der Waals surface area contributed by atoms with Crippen molar-refractivity contribution >= 4 is 11.6 Å². The lowest BCUT2D eigenvalue weighted by atomic mass is 9.73. The van der Waals surface area contributed by atoms with Crippen LogP contribution in [0.1, 0.15) is 38.2 Å². The number of hydrogen-bond donors (Lipinski definition) is 2. The Morgan fingerprint density at radius 3 is 2.90 bits per heavy atom. The van der Waals surface area contributed by atoms with E-state index in [0.717, 1.165) is 24.8 Å². The van der Waals surface area contributed by atoms with Gasteiger partial charge in [-0.1, -0.05) is 37.4 Å². The largest absolute Gasteiger partial charge is 0.377 e. The van der Waals surface area contributed by atoms with Crippen molar-refractivity contribution in [2.45, 2.75) is 50.7 Å². The molecule has 0 aromatic heterocycles. The molecule has 3 N–H and O–H groups in total. The molecule has 3 atom stereocenters. The van der Waals surface area contributed by atoms with Gasteiger partial charge in [-0.25, -0.2) is 4.39 Å². The Hall–Kier alpha value is -0.680. The van der Waals surface area contributed by atoms with Crippen molar-refractivity contribution in [3.05, 3.63) is 34.6 Å². The zero-order chi connectivity index (χ0) is 15.5. The van der Waals surface area contributed by atoms with Gasteiger partial charge in [-0.3, -0.25) is 11.3 Å². The molecule has 3 unspecified atom stereocenters. The van der Waals surface area contributed by atoms with Crippen LogP contribution in [0.15, 0.2) is 18.2 Å². The SMILES string of the molecule is COC1(C(Cc2ccc(Cl)c(F)c2)NN)CCCC(C)C1. The maximum atomic E-state index is 13.6. The Morgan fingerprint density at radius 2 is 2.33 bits per heavy atom. The lowest BCUT2D eigenvalue weighted by Gasteiger charge is -2.44. The lowest BCUT2D eigenvalue weighted by molar-refractivity contribution is -0.0791. The van der Waals surface area contributed by atoms with Gasteiger partial charge >= 0.3 is 0 Å². The average Bonchev–Trinajstić information content (AvgIpc) is 2.48. The summed E-state index contributed by atoms with van der Waals surface area (Å²) in [6.45, 7) is 2.24. The molecule has 1 saturated carbocycles. The summed E-state index contributed by atoms with van der Waals surface area (Å²) in [4.78, 5) is 0. The highest BCUT2D eigenvalue weighted by Crippen LogP contribution is 2.38. The summed E-state index contributed by atoms with van der Waals surface area (Å²) in [6, 6.07) is 4.85. The van der Waals surface area contributed by atoms with E-state index in [4.69, 9.17) is 22.2 Å². The van der Waals surface area contributed by atoms with Gasteiger partial charge in [-0.05, 0) is 42.9 Å². The minimum atomic E-state index is -0.395. The van der Waals surface area contributed by atoms with Crippen LogP contribution in [-0.2, 0) is 11.2 Å². The maximum Gasteiger partial charge on any atom is 0.142 e. The molecule has 21 heavy (non-hydrogen) atoms. The predicted molar refractivity (Wildman–Crippen MR) is 83.6 cm³/mol. The van der Waals surface area contributed by atoms with E-state index in [1.165, 1.54) is 12.5 Å². The first-order chi connectivity index (χ1) is 10.0. The molecule has 5 heteroatoms. The first-order valence-electron chi connectivity index (χ1n) is 7.46. The molecule has 2 rings (SSSR count). The van der Waals surface area contributed by atoms with Gasteiger partial charge in [0.25, 0.3) is 0 Å². The van der Waals surface area contributed by atoms with E-state index < -0.39 is 5.82 Å². The van der Waals surface area contributed by atoms with Crippen molar-refractivity contribution in [3.8, 4) is 0 Å². The van der Waals surface area contributed by atoms with Crippen LogP contribution >= 0.6 is 11.6 Å². The molecule has 0 aliphatic heterocycles. The fourth-order valence-corrected chi connectivity index (χ4v) is 3.60. The first kappa shape index (κ1) is 16.7. The summed E-state index contributed by atoms with van der Waals surface area (Å²) in [6.07, 6.45) is 4.90. The smallest absolute Gasteiger partial charge is 0.142 e. The van der Waals surface area contributed by atoms with Crippen LogP contribution in [0.4, 0.5) is 4.39 Å². The molecule has 0 spiro atoms. The van der Waals surface area contributed by atoms with E-state index in [-0.39, 0.29) is 16.7 Å². The van der Waals surface area contributed by atoms with Crippen LogP contribution in [-0.4, -0.2) is 18.8 Å². The number of hydrazine groups is 1. The third kappa shape index (κ3) is 3.75. The molecule has 1 aliphatic rings. The third-order valence-corrected chi connectivity index (χ3v) is 4.96. The zero-order valence-corrected chi connectivity index (χ0v) is 13.4. The summed E-state index contributed by atoms with van der Waals surface area (Å²) in [7, 11) is 1.74. The molecule has 1 fully saturated rings. The standard InChI is InChI=1S/C16H24ClFN2O/c1-11-4-3-7-16(10-11,21-2)15(20-19)9-12-5-6-13(17)14(18)8-12/h5-6,8,11,15,20H,3-4,7,9-10,19H2,1-2H3. The Morgan fingerprint density at radius 1 is 1.57 bits per heavy atom. The second kappa shape index (κ2) is 7.05. The van der Waals surface area contributed by atoms with Crippen molar-refractivity contribution in [3.63, 3.8) is 0 Å². The fraction of sp³-hybridized carbons (Fsp3) is 0.625. The normalized spacial score (nSPS) is 27.6. The Balaban J connectivity index is 2.19. The average molecular weight is 315 g/mol. The van der Waals surface area contributed by atoms with Gasteiger partial charge in [0.05, 0.1) is 16.7 Å². The summed E-state index contributed by atoms with van der Waals surface area (Å²) in [5.41, 5.74) is 3.47. The molecule has 0 bridgehead atoms. The van der Waals surface area contributed by atoms with Gasteiger partial charge in [0, 0.05) is 7.11 Å². The third-order valence-electron chi connectivity index (χ3n) is 4.66. The number of ether oxygens (including phenoxy) is 1. The fourth-order valence-electron chi connectivity index (χ4n) is 3.49. The van der Waals surface area contributed by atoms with Crippen molar-refractivity contribution in [2.24, 2.45) is 11.8 Å². The van der Waals surface area contributed by atoms with Gasteiger partial charge < -0.3 is 4.74 Å². The Labute approximate surface area is 131 Å². The highest BCUT2D eigenvalue weighted by atomic mass is 35.5. The van der Waals surface area contributed by atoms with Crippen LogP contribution in [0, 0.1) is 11.7 Å². The van der Waals surface area contributed by atoms with Gasteiger partial charge in [-0.2, -0.15) is 0 Å². The summed E-state index contributed by atoms with van der Waals surface area (Å²) < 4.78 is 19.5. The molecular formula is C16H24ClFN2O. The molecule has 1 aromatic rings. The Bertz CT molecular complexity index is 485. The van der Waals surface area contributed by atoms with Crippen LogP contribution in [0.2, 0.25) is 5.02 Å². The number of rotatable bonds is 5. The van der Waals surface area contributed by atoms with E-state index in [9.17, 15) is 4.39 Å². The van der Waals surface area contributed by atoms with Crippen molar-refractivity contribution < 1.29 is 9.13 Å². The highest BCUT2D eigenvalue weighted by Gasteiger charge is 2.41. The topological polar surface area (TPSA) is 47.3 Å². The van der Waals surface area contributed by atoms with Crippen molar-refractivity contribution in [2.75, 3.05) is 7.11 Å². The van der Waals surface area contributed by atoms with Gasteiger partial charge in [0.1, 0.15) is 5.82 Å². The molecule has 0 heterocycles. The first-order valence-corrected chi connectivity index (χ1v) is 7.84. The molecule has 1 aromatic carbocycles. The summed E-state index contributed by atoms with van der Waals surface area (Å²) in [5, 5.41) is 0.142. The zero-order valence-electron chi connectivity index (χ0n) is 12.7. The molecular weight excluding hydrogens is 291 g/mol. The monoisotopic (exact) mass is 314 g/mol. The van der Waals surface area contributed by atoms with E-state index in [1.807, 2.05) is 6.07 Å². The molecule has 0 amide bonds. The molecule has 3 nitrogen and oxygen atoms in total. The van der Waals surface area contributed by atoms with Crippen molar-refractivity contribution in [1.29, 1.82) is 0 Å². The number of nitrogens with two attached hydrogens (primary N) is 1. The van der Waals surface area contributed by atoms with E-state index in [1.54, 1.807) is 13.2 Å². The minimum Gasteiger partial charge on any atom is -0.377 e. The second-order valence-corrected chi connectivity index (χ2v) is 6.55. The number of methoxy groups -OCH3 is 1. The highest BCUT2D eigenvalue weighted by molar-refractivity contribution is 6.30. The number of halogens is 2. The van der Waals surface area contributed by atoms with Gasteiger partial charge in [-0.15, -0.1) is 0 Å². The maximum absolute atomic E-state index is 13.6. The number of hydrogen-bond acceptors (Lipinski definition) is 3. The van der Waals surface area contributed by atoms with Crippen LogP contribution in [0.3, 0.4) is 0 Å². The van der Waals surface area contributed by atoms with Crippen LogP contribution in [0.5, 0.6) is 0 Å². The predicted octanol–water partition coefficient (Wildman–Crippen LogP) is 3.45. The molecule has 118 valence electrons. The van der Waals surface area contributed by atoms with Crippen LogP contribution in [0.25, 0.3) is 0 Å². The Kier molecular flexibility index (Phi) is 5.60. The number of benzene rings is 1. The second-order valence-electron chi connectivity index (χ2n) is 6.14. The van der Waals surface area contributed by atoms with Gasteiger partial charge in [0.15, 0.2) is 0 Å². The van der Waals surface area contributed by atoms with Crippen LogP contribution < -0.4 is 11.3 Å². The quantitative estimate of drug-likeness (QED) is 0.646. The van der Waals surface area contributed by atoms with Crippen molar-refractivity contribution in [1.82, 2.24) is 5.43 Å². The molecule has 0 saturated heterocycles. The summed E-state index contributed by atoms with van der Waals surface area (Å²) >= 11 is 5.73. The van der Waals surface area contributed by atoms with E-state index in [2.05, 4.69) is 12.3 Å². The van der Waals surface area contributed by atoms with Gasteiger partial charge in [0.2, 0.25) is 0 Å². The molecule has 0 radical (unpaired) electrons. The summed E-state index contributed by atoms with van der Waals surface area (Å²) in [5.74, 6) is 5.99. The van der Waals surface area contributed by atoms with E-state index >= 15 is 0 Å². The lowest BCUT2D eigenvalue weighted by Crippen LogP contribution is -2.57. The number of nitrogens with one attached hydrogen (secondary N) is 1. The van der Waals surface area contributed by atoms with E-state index in [0.29, 0.717) is 12.3 Å².